The highest BCUT2D eigenvalue weighted by Crippen LogP contribution is 2.27. The van der Waals surface area contributed by atoms with E-state index in [9.17, 15) is 5.11 Å². The lowest BCUT2D eigenvalue weighted by Crippen LogP contribution is -2.05. The van der Waals surface area contributed by atoms with Crippen LogP contribution in [0.3, 0.4) is 0 Å². The molecule has 0 saturated heterocycles. The molecule has 0 radical (unpaired) electrons. The van der Waals surface area contributed by atoms with Crippen LogP contribution in [0.15, 0.2) is 36.7 Å². The first-order chi connectivity index (χ1) is 8.22. The Balaban J connectivity index is 2.36. The second-order valence-electron chi connectivity index (χ2n) is 3.41. The van der Waals surface area contributed by atoms with Gasteiger partial charge in [-0.25, -0.2) is 4.98 Å². The summed E-state index contributed by atoms with van der Waals surface area (Å²) in [6, 6.07) is 6.81. The molecule has 2 heterocycles. The average Bonchev–Trinajstić information content (AvgIpc) is 2.39. The van der Waals surface area contributed by atoms with Crippen molar-refractivity contribution in [3.05, 3.63) is 53.1 Å². The van der Waals surface area contributed by atoms with E-state index in [0.29, 0.717) is 22.2 Å². The van der Waals surface area contributed by atoms with Crippen LogP contribution in [0, 0.1) is 0 Å². The zero-order valence-corrected chi connectivity index (χ0v) is 9.93. The fourth-order valence-electron chi connectivity index (χ4n) is 1.49. The molecule has 88 valence electrons. The monoisotopic (exact) mass is 250 g/mol. The van der Waals surface area contributed by atoms with Crippen LogP contribution in [0.1, 0.15) is 17.4 Å². The fraction of sp³-hybridized carbons (Fsp3) is 0.167. The van der Waals surface area contributed by atoms with Gasteiger partial charge in [0.2, 0.25) is 0 Å². The summed E-state index contributed by atoms with van der Waals surface area (Å²) in [5, 5.41) is 10.6. The molecule has 2 aromatic rings. The van der Waals surface area contributed by atoms with Crippen LogP contribution in [-0.2, 0) is 0 Å². The first-order valence-electron chi connectivity index (χ1n) is 5.01. The minimum atomic E-state index is -0.879. The maximum Gasteiger partial charge on any atom is 0.143 e. The molecule has 1 atom stereocenters. The van der Waals surface area contributed by atoms with Gasteiger partial charge in [-0.2, -0.15) is 0 Å². The molecular weight excluding hydrogens is 240 g/mol. The molecule has 0 fully saturated rings. The standard InChI is InChI=1S/C12H11ClN2O2/c1-17-9-3-2-6-14-11(9)12(16)8-4-5-10(13)15-7-8/h2-7,12,16H,1H3. The number of ether oxygens (including phenoxy) is 1. The Morgan fingerprint density at radius 2 is 2.12 bits per heavy atom. The Hall–Kier alpha value is -1.65. The highest BCUT2D eigenvalue weighted by Gasteiger charge is 2.16. The third-order valence-electron chi connectivity index (χ3n) is 2.34. The molecule has 0 spiro atoms. The van der Waals surface area contributed by atoms with Crippen molar-refractivity contribution in [1.82, 2.24) is 9.97 Å². The van der Waals surface area contributed by atoms with Crippen LogP contribution in [-0.4, -0.2) is 22.2 Å². The van der Waals surface area contributed by atoms with Crippen molar-refractivity contribution in [2.75, 3.05) is 7.11 Å². The number of hydrogen-bond acceptors (Lipinski definition) is 4. The Kier molecular flexibility index (Phi) is 3.56. The zero-order valence-electron chi connectivity index (χ0n) is 9.17. The second kappa shape index (κ2) is 5.12. The van der Waals surface area contributed by atoms with Crippen molar-refractivity contribution < 1.29 is 9.84 Å². The summed E-state index contributed by atoms with van der Waals surface area (Å²) in [5.74, 6) is 0.537. The first kappa shape index (κ1) is 11.8. The molecule has 4 nitrogen and oxygen atoms in total. The molecule has 0 aliphatic rings. The minimum Gasteiger partial charge on any atom is -0.495 e. The van der Waals surface area contributed by atoms with Gasteiger partial charge < -0.3 is 9.84 Å². The third-order valence-corrected chi connectivity index (χ3v) is 2.57. The fourth-order valence-corrected chi connectivity index (χ4v) is 1.60. The summed E-state index contributed by atoms with van der Waals surface area (Å²) < 4.78 is 5.14. The van der Waals surface area contributed by atoms with E-state index in [-0.39, 0.29) is 0 Å². The Morgan fingerprint density at radius 1 is 1.29 bits per heavy atom. The molecule has 0 saturated carbocycles. The number of nitrogens with zero attached hydrogens (tertiary/aromatic N) is 2. The molecule has 0 aliphatic carbocycles. The van der Waals surface area contributed by atoms with Gasteiger partial charge in [-0.15, -0.1) is 0 Å². The number of aliphatic hydroxyl groups is 1. The Morgan fingerprint density at radius 3 is 2.76 bits per heavy atom. The van der Waals surface area contributed by atoms with E-state index in [4.69, 9.17) is 16.3 Å². The lowest BCUT2D eigenvalue weighted by Gasteiger charge is -2.13. The molecule has 0 aliphatic heterocycles. The van der Waals surface area contributed by atoms with Gasteiger partial charge in [0.05, 0.1) is 7.11 Å². The summed E-state index contributed by atoms with van der Waals surface area (Å²) in [6.07, 6.45) is 2.24. The van der Waals surface area contributed by atoms with E-state index in [1.807, 2.05) is 0 Å². The van der Waals surface area contributed by atoms with Crippen molar-refractivity contribution >= 4 is 11.6 Å². The number of pyridine rings is 2. The van der Waals surface area contributed by atoms with E-state index in [1.54, 1.807) is 30.5 Å². The van der Waals surface area contributed by atoms with Crippen molar-refractivity contribution in [3.63, 3.8) is 0 Å². The van der Waals surface area contributed by atoms with Crippen LogP contribution >= 0.6 is 11.6 Å². The van der Waals surface area contributed by atoms with Crippen LogP contribution in [0.2, 0.25) is 5.15 Å². The number of halogens is 1. The summed E-state index contributed by atoms with van der Waals surface area (Å²) in [5.41, 5.74) is 1.07. The van der Waals surface area contributed by atoms with E-state index < -0.39 is 6.10 Å². The highest BCUT2D eigenvalue weighted by molar-refractivity contribution is 6.29. The number of aromatic nitrogens is 2. The summed E-state index contributed by atoms with van der Waals surface area (Å²) >= 11 is 5.69. The first-order valence-corrected chi connectivity index (χ1v) is 5.38. The summed E-state index contributed by atoms with van der Waals surface area (Å²) in [4.78, 5) is 8.03. The lowest BCUT2D eigenvalue weighted by molar-refractivity contribution is 0.209. The molecule has 17 heavy (non-hydrogen) atoms. The molecule has 1 N–H and O–H groups in total. The smallest absolute Gasteiger partial charge is 0.143 e. The summed E-state index contributed by atoms with van der Waals surface area (Å²) in [7, 11) is 1.54. The van der Waals surface area contributed by atoms with Gasteiger partial charge in [0.1, 0.15) is 22.7 Å². The van der Waals surface area contributed by atoms with Crippen molar-refractivity contribution in [3.8, 4) is 5.75 Å². The maximum atomic E-state index is 10.2. The van der Waals surface area contributed by atoms with Gasteiger partial charge in [-0.1, -0.05) is 17.7 Å². The van der Waals surface area contributed by atoms with Gasteiger partial charge in [-0.05, 0) is 18.2 Å². The van der Waals surface area contributed by atoms with Crippen LogP contribution in [0.4, 0.5) is 0 Å². The van der Waals surface area contributed by atoms with E-state index in [0.717, 1.165) is 0 Å². The van der Waals surface area contributed by atoms with E-state index in [1.165, 1.54) is 13.3 Å². The maximum absolute atomic E-state index is 10.2. The molecule has 0 bridgehead atoms. The van der Waals surface area contributed by atoms with Crippen molar-refractivity contribution in [1.29, 1.82) is 0 Å². The van der Waals surface area contributed by atoms with Gasteiger partial charge in [0.25, 0.3) is 0 Å². The van der Waals surface area contributed by atoms with Crippen molar-refractivity contribution in [2.24, 2.45) is 0 Å². The van der Waals surface area contributed by atoms with E-state index in [2.05, 4.69) is 9.97 Å². The van der Waals surface area contributed by atoms with E-state index >= 15 is 0 Å². The second-order valence-corrected chi connectivity index (χ2v) is 3.79. The zero-order chi connectivity index (χ0) is 12.3. The molecule has 0 amide bonds. The SMILES string of the molecule is COc1cccnc1C(O)c1ccc(Cl)nc1. The largest absolute Gasteiger partial charge is 0.495 e. The van der Waals surface area contributed by atoms with Crippen LogP contribution in [0.25, 0.3) is 0 Å². The quantitative estimate of drug-likeness (QED) is 0.849. The normalized spacial score (nSPS) is 12.2. The number of aliphatic hydroxyl groups excluding tert-OH is 1. The van der Waals surface area contributed by atoms with Crippen LogP contribution in [0.5, 0.6) is 5.75 Å². The number of methoxy groups -OCH3 is 1. The molecule has 2 rings (SSSR count). The Labute approximate surface area is 104 Å². The average molecular weight is 251 g/mol. The van der Waals surface area contributed by atoms with Gasteiger partial charge >= 0.3 is 0 Å². The predicted molar refractivity (Wildman–Crippen MR) is 64.1 cm³/mol. The molecule has 2 aromatic heterocycles. The molecular formula is C12H11ClN2O2. The predicted octanol–water partition coefficient (Wildman–Crippen LogP) is 2.22. The third kappa shape index (κ3) is 2.54. The van der Waals surface area contributed by atoms with Gasteiger partial charge in [-0.3, -0.25) is 4.98 Å². The Bertz CT molecular complexity index is 502. The minimum absolute atomic E-state index is 0.383. The number of hydrogen-bond donors (Lipinski definition) is 1. The topological polar surface area (TPSA) is 55.2 Å². The van der Waals surface area contributed by atoms with Crippen LogP contribution < -0.4 is 4.74 Å². The molecule has 5 heteroatoms. The summed E-state index contributed by atoms with van der Waals surface area (Å²) in [6.45, 7) is 0. The van der Waals surface area contributed by atoms with Gasteiger partial charge in [0.15, 0.2) is 0 Å². The molecule has 0 aromatic carbocycles. The highest BCUT2D eigenvalue weighted by atomic mass is 35.5. The van der Waals surface area contributed by atoms with Gasteiger partial charge in [0, 0.05) is 18.0 Å². The molecule has 1 unspecified atom stereocenters. The van der Waals surface area contributed by atoms with Crippen molar-refractivity contribution in [2.45, 2.75) is 6.10 Å². The lowest BCUT2D eigenvalue weighted by atomic mass is 10.1. The number of rotatable bonds is 3.